The third kappa shape index (κ3) is 3.61. The van der Waals surface area contributed by atoms with Gasteiger partial charge >= 0.3 is 6.03 Å². The molecule has 0 saturated heterocycles. The third-order valence-electron chi connectivity index (χ3n) is 3.80. The average Bonchev–Trinajstić information content (AvgIpc) is 2.98. The normalized spacial score (nSPS) is 12.8. The van der Waals surface area contributed by atoms with Gasteiger partial charge in [-0.3, -0.25) is 9.97 Å². The van der Waals surface area contributed by atoms with Crippen LogP contribution in [0.4, 0.5) is 4.79 Å². The predicted octanol–water partition coefficient (Wildman–Crippen LogP) is 2.27. The summed E-state index contributed by atoms with van der Waals surface area (Å²) in [6.45, 7) is 2.90. The fourth-order valence-electron chi connectivity index (χ4n) is 2.69. The molecule has 0 fully saturated rings. The SMILES string of the molecule is Cc1cncc(CNC(=O)NCc2ccc3c(n2)CCC3)c1. The zero-order chi connectivity index (χ0) is 15.4. The first kappa shape index (κ1) is 14.5. The average molecular weight is 296 g/mol. The van der Waals surface area contributed by atoms with Gasteiger partial charge in [0.05, 0.1) is 12.2 Å². The lowest BCUT2D eigenvalue weighted by Gasteiger charge is -2.08. The van der Waals surface area contributed by atoms with Gasteiger partial charge in [-0.05, 0) is 48.9 Å². The number of pyridine rings is 2. The molecule has 2 N–H and O–H groups in total. The van der Waals surface area contributed by atoms with Crippen LogP contribution in [0.15, 0.2) is 30.6 Å². The van der Waals surface area contributed by atoms with Gasteiger partial charge in [0, 0.05) is 24.6 Å². The molecule has 2 amide bonds. The van der Waals surface area contributed by atoms with E-state index in [4.69, 9.17) is 0 Å². The Balaban J connectivity index is 1.48. The van der Waals surface area contributed by atoms with Gasteiger partial charge in [-0.2, -0.15) is 0 Å². The van der Waals surface area contributed by atoms with E-state index in [-0.39, 0.29) is 6.03 Å². The molecule has 0 saturated carbocycles. The maximum atomic E-state index is 11.8. The molecule has 2 heterocycles. The number of nitrogens with one attached hydrogen (secondary N) is 2. The van der Waals surface area contributed by atoms with Gasteiger partial charge in [0.15, 0.2) is 0 Å². The molecule has 22 heavy (non-hydrogen) atoms. The van der Waals surface area contributed by atoms with Crippen molar-refractivity contribution in [3.8, 4) is 0 Å². The topological polar surface area (TPSA) is 66.9 Å². The maximum Gasteiger partial charge on any atom is 0.315 e. The molecule has 0 aliphatic heterocycles. The number of carbonyl (C=O) groups excluding carboxylic acids is 1. The highest BCUT2D eigenvalue weighted by atomic mass is 16.2. The summed E-state index contributed by atoms with van der Waals surface area (Å²) in [7, 11) is 0. The molecule has 1 aliphatic rings. The first-order chi connectivity index (χ1) is 10.7. The summed E-state index contributed by atoms with van der Waals surface area (Å²) < 4.78 is 0. The second kappa shape index (κ2) is 6.56. The van der Waals surface area contributed by atoms with E-state index >= 15 is 0 Å². The van der Waals surface area contributed by atoms with Crippen LogP contribution in [0.5, 0.6) is 0 Å². The molecule has 0 radical (unpaired) electrons. The fourth-order valence-corrected chi connectivity index (χ4v) is 2.69. The molecular weight excluding hydrogens is 276 g/mol. The standard InChI is InChI=1S/C17H20N4O/c1-12-7-13(9-18-8-12)10-19-17(22)20-11-15-6-5-14-3-2-4-16(14)21-15/h5-9H,2-4,10-11H2,1H3,(H2,19,20,22). The Labute approximate surface area is 130 Å². The van der Waals surface area contributed by atoms with Crippen LogP contribution in [0.1, 0.15) is 34.5 Å². The lowest BCUT2D eigenvalue weighted by Crippen LogP contribution is -2.34. The minimum atomic E-state index is -0.191. The van der Waals surface area contributed by atoms with Gasteiger partial charge in [0.25, 0.3) is 0 Å². The number of nitrogens with zero attached hydrogens (tertiary/aromatic N) is 2. The van der Waals surface area contributed by atoms with Gasteiger partial charge in [-0.25, -0.2) is 4.79 Å². The lowest BCUT2D eigenvalue weighted by atomic mass is 10.2. The molecule has 114 valence electrons. The van der Waals surface area contributed by atoms with E-state index < -0.39 is 0 Å². The molecule has 0 bridgehead atoms. The number of urea groups is 1. The van der Waals surface area contributed by atoms with Crippen molar-refractivity contribution in [2.24, 2.45) is 0 Å². The van der Waals surface area contributed by atoms with Gasteiger partial charge in [0.1, 0.15) is 0 Å². The quantitative estimate of drug-likeness (QED) is 0.909. The van der Waals surface area contributed by atoms with Gasteiger partial charge in [0.2, 0.25) is 0 Å². The van der Waals surface area contributed by atoms with Crippen LogP contribution in [0.25, 0.3) is 0 Å². The van der Waals surface area contributed by atoms with Crippen LogP contribution < -0.4 is 10.6 Å². The molecule has 5 nitrogen and oxygen atoms in total. The molecule has 5 heteroatoms. The summed E-state index contributed by atoms with van der Waals surface area (Å²) in [5, 5.41) is 5.67. The number of hydrogen-bond acceptors (Lipinski definition) is 3. The molecule has 0 spiro atoms. The van der Waals surface area contributed by atoms with Crippen molar-refractivity contribution in [1.29, 1.82) is 0 Å². The van der Waals surface area contributed by atoms with Crippen LogP contribution in [-0.2, 0) is 25.9 Å². The van der Waals surface area contributed by atoms with Crippen LogP contribution in [0.3, 0.4) is 0 Å². The Bertz CT molecular complexity index is 684. The summed E-state index contributed by atoms with van der Waals surface area (Å²) in [5.41, 5.74) is 5.52. The number of amides is 2. The first-order valence-electron chi connectivity index (χ1n) is 7.60. The summed E-state index contributed by atoms with van der Waals surface area (Å²) >= 11 is 0. The van der Waals surface area contributed by atoms with Crippen molar-refractivity contribution in [3.05, 3.63) is 58.7 Å². The maximum absolute atomic E-state index is 11.8. The number of aryl methyl sites for hydroxylation is 3. The molecule has 0 aromatic carbocycles. The Morgan fingerprint density at radius 2 is 2.05 bits per heavy atom. The molecule has 3 rings (SSSR count). The summed E-state index contributed by atoms with van der Waals surface area (Å²) in [5.74, 6) is 0. The summed E-state index contributed by atoms with van der Waals surface area (Å²) in [6, 6.07) is 5.94. The Morgan fingerprint density at radius 1 is 1.18 bits per heavy atom. The lowest BCUT2D eigenvalue weighted by molar-refractivity contribution is 0.240. The number of rotatable bonds is 4. The highest BCUT2D eigenvalue weighted by molar-refractivity contribution is 5.73. The van der Waals surface area contributed by atoms with Crippen molar-refractivity contribution in [1.82, 2.24) is 20.6 Å². The minimum absolute atomic E-state index is 0.191. The van der Waals surface area contributed by atoms with Crippen LogP contribution >= 0.6 is 0 Å². The fraction of sp³-hybridized carbons (Fsp3) is 0.353. The van der Waals surface area contributed by atoms with Gasteiger partial charge in [-0.1, -0.05) is 12.1 Å². The van der Waals surface area contributed by atoms with Crippen LogP contribution in [-0.4, -0.2) is 16.0 Å². The molecule has 1 aliphatic carbocycles. The van der Waals surface area contributed by atoms with Crippen LogP contribution in [0.2, 0.25) is 0 Å². The number of aromatic nitrogens is 2. The molecule has 0 atom stereocenters. The van der Waals surface area contributed by atoms with E-state index in [1.54, 1.807) is 12.4 Å². The second-order valence-corrected chi connectivity index (χ2v) is 5.67. The minimum Gasteiger partial charge on any atom is -0.334 e. The van der Waals surface area contributed by atoms with Crippen molar-refractivity contribution in [3.63, 3.8) is 0 Å². The Kier molecular flexibility index (Phi) is 4.32. The molecule has 2 aromatic rings. The van der Waals surface area contributed by atoms with Gasteiger partial charge in [-0.15, -0.1) is 0 Å². The van der Waals surface area contributed by atoms with E-state index in [0.717, 1.165) is 29.7 Å². The zero-order valence-electron chi connectivity index (χ0n) is 12.7. The molecular formula is C17H20N4O. The zero-order valence-corrected chi connectivity index (χ0v) is 12.7. The smallest absolute Gasteiger partial charge is 0.315 e. The van der Waals surface area contributed by atoms with Gasteiger partial charge < -0.3 is 10.6 Å². The number of fused-ring (bicyclic) bond motifs is 1. The van der Waals surface area contributed by atoms with Crippen LogP contribution in [0, 0.1) is 6.92 Å². The predicted molar refractivity (Wildman–Crippen MR) is 84.3 cm³/mol. The largest absolute Gasteiger partial charge is 0.334 e. The summed E-state index contributed by atoms with van der Waals surface area (Å²) in [4.78, 5) is 20.5. The summed E-state index contributed by atoms with van der Waals surface area (Å²) in [6.07, 6.45) is 6.92. The van der Waals surface area contributed by atoms with E-state index in [9.17, 15) is 4.79 Å². The van der Waals surface area contributed by atoms with E-state index in [2.05, 4.69) is 26.7 Å². The third-order valence-corrected chi connectivity index (χ3v) is 3.80. The first-order valence-corrected chi connectivity index (χ1v) is 7.60. The number of carbonyl (C=O) groups is 1. The Hall–Kier alpha value is -2.43. The monoisotopic (exact) mass is 296 g/mol. The molecule has 2 aromatic heterocycles. The van der Waals surface area contributed by atoms with Crippen molar-refractivity contribution >= 4 is 6.03 Å². The highest BCUT2D eigenvalue weighted by Crippen LogP contribution is 2.19. The van der Waals surface area contributed by atoms with E-state index in [0.29, 0.717) is 13.1 Å². The van der Waals surface area contributed by atoms with Crippen molar-refractivity contribution in [2.45, 2.75) is 39.3 Å². The number of hydrogen-bond donors (Lipinski definition) is 2. The Morgan fingerprint density at radius 3 is 2.91 bits per heavy atom. The molecule has 0 unspecified atom stereocenters. The van der Waals surface area contributed by atoms with Crippen molar-refractivity contribution in [2.75, 3.05) is 0 Å². The highest BCUT2D eigenvalue weighted by Gasteiger charge is 2.12. The second-order valence-electron chi connectivity index (χ2n) is 5.67. The van der Waals surface area contributed by atoms with E-state index in [1.165, 1.54) is 17.7 Å². The van der Waals surface area contributed by atoms with E-state index in [1.807, 2.05) is 19.1 Å². The van der Waals surface area contributed by atoms with Crippen molar-refractivity contribution < 1.29 is 4.79 Å².